The lowest BCUT2D eigenvalue weighted by molar-refractivity contribution is -0.140. The third-order valence-corrected chi connectivity index (χ3v) is 3.80. The fourth-order valence-electron chi connectivity index (χ4n) is 2.18. The molecule has 2 atom stereocenters. The molecule has 0 bridgehead atoms. The summed E-state index contributed by atoms with van der Waals surface area (Å²) in [5, 5.41) is 15.5. The van der Waals surface area contributed by atoms with E-state index in [2.05, 4.69) is 15.5 Å². The van der Waals surface area contributed by atoms with Crippen molar-refractivity contribution < 1.29 is 24.0 Å². The lowest BCUT2D eigenvalue weighted by Gasteiger charge is -2.20. The third kappa shape index (κ3) is 5.03. The summed E-state index contributed by atoms with van der Waals surface area (Å²) in [6, 6.07) is 5.54. The Kier molecular flexibility index (Phi) is 6.10. The summed E-state index contributed by atoms with van der Waals surface area (Å²) in [6.07, 6.45) is 0.643. The predicted molar refractivity (Wildman–Crippen MR) is 88.2 cm³/mol. The molecule has 1 aromatic heterocycles. The highest BCUT2D eigenvalue weighted by Crippen LogP contribution is 2.16. The number of ether oxygens (including phenoxy) is 1. The average molecular weight is 347 g/mol. The monoisotopic (exact) mass is 347 g/mol. The molecule has 0 aliphatic rings. The maximum atomic E-state index is 12.3. The summed E-state index contributed by atoms with van der Waals surface area (Å²) in [7, 11) is 0. The molecule has 0 spiro atoms. The number of nitrogens with one attached hydrogen (secondary N) is 1. The molecule has 0 saturated heterocycles. The molecule has 0 fully saturated rings. The molecule has 1 heterocycles. The number of rotatable bonds is 8. The largest absolute Gasteiger partial charge is 0.485 e. The van der Waals surface area contributed by atoms with E-state index in [1.165, 1.54) is 6.07 Å². The number of carboxylic acid groups (broad SMARTS) is 1. The Morgan fingerprint density at radius 1 is 1.40 bits per heavy atom. The van der Waals surface area contributed by atoms with Crippen molar-refractivity contribution in [2.75, 3.05) is 0 Å². The van der Waals surface area contributed by atoms with Crippen molar-refractivity contribution in [1.82, 2.24) is 15.5 Å². The van der Waals surface area contributed by atoms with Crippen LogP contribution < -0.4 is 10.1 Å². The first kappa shape index (κ1) is 18.4. The quantitative estimate of drug-likeness (QED) is 0.752. The van der Waals surface area contributed by atoms with Gasteiger partial charge in [0.1, 0.15) is 11.8 Å². The molecular weight excluding hydrogens is 326 g/mol. The van der Waals surface area contributed by atoms with E-state index >= 15 is 0 Å². The lowest BCUT2D eigenvalue weighted by atomic mass is 9.99. The minimum absolute atomic E-state index is 0.104. The Morgan fingerprint density at radius 3 is 2.76 bits per heavy atom. The Balaban J connectivity index is 2.03. The second-order valence-electron chi connectivity index (χ2n) is 5.72. The highest BCUT2D eigenvalue weighted by atomic mass is 16.5. The molecule has 1 aromatic carbocycles. The van der Waals surface area contributed by atoms with Gasteiger partial charge >= 0.3 is 5.97 Å². The molecule has 0 saturated carbocycles. The zero-order chi connectivity index (χ0) is 18.4. The number of nitrogens with zero attached hydrogens (tertiary/aromatic N) is 2. The van der Waals surface area contributed by atoms with Gasteiger partial charge in [-0.3, -0.25) is 4.79 Å². The van der Waals surface area contributed by atoms with Crippen LogP contribution in [0.2, 0.25) is 0 Å². The van der Waals surface area contributed by atoms with E-state index in [0.717, 1.165) is 0 Å². The van der Waals surface area contributed by atoms with E-state index in [-0.39, 0.29) is 12.5 Å². The normalized spacial score (nSPS) is 13.1. The van der Waals surface area contributed by atoms with E-state index in [1.807, 2.05) is 6.92 Å². The van der Waals surface area contributed by atoms with Crippen LogP contribution in [0.5, 0.6) is 5.75 Å². The summed E-state index contributed by atoms with van der Waals surface area (Å²) in [4.78, 5) is 27.7. The number of aliphatic carboxylic acids is 1. The molecule has 134 valence electrons. The molecule has 8 nitrogen and oxygen atoms in total. The second-order valence-corrected chi connectivity index (χ2v) is 5.72. The van der Waals surface area contributed by atoms with Crippen LogP contribution >= 0.6 is 0 Å². The molecule has 0 aliphatic heterocycles. The van der Waals surface area contributed by atoms with Crippen LogP contribution in [0.25, 0.3) is 0 Å². The number of hydrogen-bond acceptors (Lipinski definition) is 6. The van der Waals surface area contributed by atoms with Gasteiger partial charge in [-0.15, -0.1) is 0 Å². The first-order valence-electron chi connectivity index (χ1n) is 7.96. The maximum Gasteiger partial charge on any atom is 0.326 e. The van der Waals surface area contributed by atoms with Crippen LogP contribution in [-0.4, -0.2) is 33.2 Å². The van der Waals surface area contributed by atoms with Crippen molar-refractivity contribution in [1.29, 1.82) is 0 Å². The number of carboxylic acids is 1. The number of hydrogen-bond donors (Lipinski definition) is 2. The molecule has 0 unspecified atom stereocenters. The molecule has 25 heavy (non-hydrogen) atoms. The van der Waals surface area contributed by atoms with E-state index in [4.69, 9.17) is 9.26 Å². The molecular formula is C17H21N3O5. The van der Waals surface area contributed by atoms with Gasteiger partial charge in [0.2, 0.25) is 11.7 Å². The Labute approximate surface area is 145 Å². The van der Waals surface area contributed by atoms with Gasteiger partial charge in [-0.05, 0) is 24.1 Å². The first-order valence-corrected chi connectivity index (χ1v) is 7.96. The van der Waals surface area contributed by atoms with Crippen molar-refractivity contribution in [3.63, 3.8) is 0 Å². The number of aryl methyl sites for hydroxylation is 1. The zero-order valence-corrected chi connectivity index (χ0v) is 14.4. The predicted octanol–water partition coefficient (Wildman–Crippen LogP) is 2.19. The van der Waals surface area contributed by atoms with E-state index < -0.39 is 17.9 Å². The van der Waals surface area contributed by atoms with Gasteiger partial charge in [-0.25, -0.2) is 4.79 Å². The van der Waals surface area contributed by atoms with E-state index in [0.29, 0.717) is 29.4 Å². The molecule has 1 amide bonds. The lowest BCUT2D eigenvalue weighted by Crippen LogP contribution is -2.45. The van der Waals surface area contributed by atoms with Gasteiger partial charge in [-0.2, -0.15) is 4.98 Å². The summed E-state index contributed by atoms with van der Waals surface area (Å²) >= 11 is 0. The van der Waals surface area contributed by atoms with Crippen LogP contribution in [0.1, 0.15) is 42.3 Å². The fourth-order valence-corrected chi connectivity index (χ4v) is 2.18. The first-order chi connectivity index (χ1) is 11.9. The zero-order valence-electron chi connectivity index (χ0n) is 14.4. The summed E-state index contributed by atoms with van der Waals surface area (Å²) in [6.45, 7) is 5.44. The van der Waals surface area contributed by atoms with Crippen molar-refractivity contribution >= 4 is 11.9 Å². The molecule has 0 radical (unpaired) electrons. The fraction of sp³-hybridized carbons (Fsp3) is 0.412. The third-order valence-electron chi connectivity index (χ3n) is 3.80. The number of benzene rings is 1. The number of aromatic nitrogens is 2. The van der Waals surface area contributed by atoms with Crippen LogP contribution in [0.4, 0.5) is 0 Å². The molecule has 8 heteroatoms. The van der Waals surface area contributed by atoms with Gasteiger partial charge in [0.25, 0.3) is 5.91 Å². The SMILES string of the molecule is CC[C@H](C)[C@H](NC(=O)c1cccc(OCc2noc(C)n2)c1)C(=O)O. The Hall–Kier alpha value is -2.90. The van der Waals surface area contributed by atoms with Crippen molar-refractivity contribution in [3.05, 3.63) is 41.5 Å². The number of carbonyl (C=O) groups excluding carboxylic acids is 1. The van der Waals surface area contributed by atoms with Gasteiger partial charge in [0.05, 0.1) is 0 Å². The van der Waals surface area contributed by atoms with Gasteiger partial charge in [0, 0.05) is 12.5 Å². The van der Waals surface area contributed by atoms with Crippen molar-refractivity contribution in [3.8, 4) is 5.75 Å². The molecule has 2 aromatic rings. The minimum Gasteiger partial charge on any atom is -0.485 e. The van der Waals surface area contributed by atoms with Gasteiger partial charge in [0.15, 0.2) is 6.61 Å². The summed E-state index contributed by atoms with van der Waals surface area (Å²) < 4.78 is 10.4. The Bertz CT molecular complexity index is 743. The second kappa shape index (κ2) is 8.27. The van der Waals surface area contributed by atoms with E-state index in [9.17, 15) is 14.7 Å². The molecule has 2 N–H and O–H groups in total. The van der Waals surface area contributed by atoms with Crippen LogP contribution in [-0.2, 0) is 11.4 Å². The highest BCUT2D eigenvalue weighted by molar-refractivity contribution is 5.96. The average Bonchev–Trinajstić information content (AvgIpc) is 3.02. The smallest absolute Gasteiger partial charge is 0.326 e. The van der Waals surface area contributed by atoms with Crippen LogP contribution in [0, 0.1) is 12.8 Å². The van der Waals surface area contributed by atoms with Gasteiger partial charge < -0.3 is 19.7 Å². The molecule has 2 rings (SSSR count). The summed E-state index contributed by atoms with van der Waals surface area (Å²) in [5.41, 5.74) is 0.316. The maximum absolute atomic E-state index is 12.3. The van der Waals surface area contributed by atoms with Crippen molar-refractivity contribution in [2.45, 2.75) is 39.8 Å². The topological polar surface area (TPSA) is 115 Å². The standard InChI is InChI=1S/C17H21N3O5/c1-4-10(2)15(17(22)23)19-16(21)12-6-5-7-13(8-12)24-9-14-18-11(3)25-20-14/h5-8,10,15H,4,9H2,1-3H3,(H,19,21)(H,22,23)/t10-,15-/m0/s1. The van der Waals surface area contributed by atoms with Crippen LogP contribution in [0.3, 0.4) is 0 Å². The highest BCUT2D eigenvalue weighted by Gasteiger charge is 2.25. The molecule has 0 aliphatic carbocycles. The number of carbonyl (C=O) groups is 2. The van der Waals surface area contributed by atoms with Crippen LogP contribution in [0.15, 0.2) is 28.8 Å². The van der Waals surface area contributed by atoms with E-state index in [1.54, 1.807) is 32.0 Å². The number of amides is 1. The van der Waals surface area contributed by atoms with Gasteiger partial charge in [-0.1, -0.05) is 31.5 Å². The van der Waals surface area contributed by atoms with Crippen molar-refractivity contribution in [2.24, 2.45) is 5.92 Å². The Morgan fingerprint density at radius 2 is 2.16 bits per heavy atom. The summed E-state index contributed by atoms with van der Waals surface area (Å²) in [5.74, 6) is -0.407. The minimum atomic E-state index is -1.05.